The van der Waals surface area contributed by atoms with Gasteiger partial charge in [-0.2, -0.15) is 0 Å². The molecule has 4 rings (SSSR count). The molecule has 1 amide bonds. The summed E-state index contributed by atoms with van der Waals surface area (Å²) < 4.78 is 26.5. The molecule has 1 aliphatic heterocycles. The summed E-state index contributed by atoms with van der Waals surface area (Å²) in [5.74, 6) is -0.671. The number of rotatable bonds is 8. The number of carbonyl (C=O) groups is 2. The number of carbonyl (C=O) groups excluding carboxylic acids is 2. The molecule has 0 saturated heterocycles. The van der Waals surface area contributed by atoms with Gasteiger partial charge in [0.05, 0.1) is 10.7 Å². The van der Waals surface area contributed by atoms with Crippen molar-refractivity contribution in [2.75, 3.05) is 18.2 Å². The van der Waals surface area contributed by atoms with Crippen LogP contribution < -0.4 is 15.1 Å². The predicted molar refractivity (Wildman–Crippen MR) is 139 cm³/mol. The lowest BCUT2D eigenvalue weighted by Gasteiger charge is -2.37. The molecule has 0 bridgehead atoms. The van der Waals surface area contributed by atoms with Gasteiger partial charge in [-0.3, -0.25) is 14.5 Å². The van der Waals surface area contributed by atoms with E-state index >= 15 is 0 Å². The first kappa shape index (κ1) is 25.4. The first-order chi connectivity index (χ1) is 16.0. The molecule has 1 radical (unpaired) electrons. The largest absolute Gasteiger partial charge is 0.475 e. The van der Waals surface area contributed by atoms with Gasteiger partial charge in [0, 0.05) is 43.1 Å². The van der Waals surface area contributed by atoms with Gasteiger partial charge in [-0.25, -0.2) is 4.39 Å². The molecule has 5 nitrogen and oxygen atoms in total. The molecule has 2 aromatic rings. The fourth-order valence-corrected chi connectivity index (χ4v) is 5.56. The Morgan fingerprint density at radius 2 is 2.03 bits per heavy atom. The number of benzene rings is 2. The van der Waals surface area contributed by atoms with Gasteiger partial charge in [-0.15, -0.1) is 0 Å². The maximum Gasteiger partial charge on any atom is 0.273 e. The minimum atomic E-state index is -1.30. The van der Waals surface area contributed by atoms with Crippen molar-refractivity contribution < 1.29 is 23.5 Å². The molecule has 1 fully saturated rings. The Morgan fingerprint density at radius 3 is 2.65 bits per heavy atom. The predicted octanol–water partition coefficient (Wildman–Crippen LogP) is 5.42. The molecule has 2 aromatic carbocycles. The van der Waals surface area contributed by atoms with Gasteiger partial charge in [0.1, 0.15) is 18.3 Å². The van der Waals surface area contributed by atoms with Gasteiger partial charge in [0.15, 0.2) is 18.7 Å². The van der Waals surface area contributed by atoms with E-state index in [1.165, 1.54) is 12.1 Å². The molecular weight excluding hydrogens is 540 g/mol. The Balaban J connectivity index is 1.77. The van der Waals surface area contributed by atoms with Crippen LogP contribution in [0.2, 0.25) is 37.5 Å². The average Bonchev–Trinajstić information content (AvgIpc) is 3.53. The molecular formula is C24H26BBrClFNO4Si. The molecule has 1 saturated carbocycles. The fraction of sp³-hybridized carbons (Fsp3) is 0.417. The molecule has 2 aliphatic rings. The highest BCUT2D eigenvalue weighted by atomic mass is 79.9. The number of nitrogens with zero attached hydrogens (tertiary/aromatic N) is 1. The van der Waals surface area contributed by atoms with E-state index in [1.54, 1.807) is 25.1 Å². The second-order valence-electron chi connectivity index (χ2n) is 9.91. The van der Waals surface area contributed by atoms with Crippen molar-refractivity contribution in [3.05, 3.63) is 50.7 Å². The summed E-state index contributed by atoms with van der Waals surface area (Å²) in [4.78, 5) is 28.5. The Bertz CT molecular complexity index is 1170. The number of amides is 1. The Kier molecular flexibility index (Phi) is 7.03. The quantitative estimate of drug-likeness (QED) is 0.244. The average molecular weight is 566 g/mol. The van der Waals surface area contributed by atoms with Crippen molar-refractivity contribution in [3.8, 4) is 5.75 Å². The SMILES string of the molecule is C[B]c1c(C(=O)c2cc(F)ccc2Cl)c(Br)cc2c1N(COCC[Si](C)(C)C)C(=O)C1(CC1)O2. The van der Waals surface area contributed by atoms with E-state index in [4.69, 9.17) is 21.1 Å². The third kappa shape index (κ3) is 4.85. The van der Waals surface area contributed by atoms with Crippen LogP contribution in [0, 0.1) is 5.82 Å². The van der Waals surface area contributed by atoms with Crippen LogP contribution >= 0.6 is 27.5 Å². The third-order valence-electron chi connectivity index (χ3n) is 6.07. The van der Waals surface area contributed by atoms with Crippen molar-refractivity contribution in [3.63, 3.8) is 0 Å². The van der Waals surface area contributed by atoms with Gasteiger partial charge in [-0.05, 0) is 51.7 Å². The number of halogens is 3. The van der Waals surface area contributed by atoms with Crippen molar-refractivity contribution in [2.45, 2.75) is 51.0 Å². The summed E-state index contributed by atoms with van der Waals surface area (Å²) in [6.45, 7) is 9.20. The molecule has 179 valence electrons. The number of anilines is 1. The molecule has 34 heavy (non-hydrogen) atoms. The molecule has 1 aliphatic carbocycles. The first-order valence-electron chi connectivity index (χ1n) is 11.2. The Morgan fingerprint density at radius 1 is 1.32 bits per heavy atom. The van der Waals surface area contributed by atoms with E-state index in [2.05, 4.69) is 35.6 Å². The van der Waals surface area contributed by atoms with Crippen LogP contribution in [-0.4, -0.2) is 46.0 Å². The van der Waals surface area contributed by atoms with E-state index in [1.807, 2.05) is 0 Å². The fourth-order valence-electron chi connectivity index (χ4n) is 4.00. The molecule has 0 unspecified atom stereocenters. The van der Waals surface area contributed by atoms with Gasteiger partial charge in [0.25, 0.3) is 5.91 Å². The van der Waals surface area contributed by atoms with Crippen molar-refractivity contribution in [1.82, 2.24) is 0 Å². The highest BCUT2D eigenvalue weighted by molar-refractivity contribution is 9.10. The standard InChI is InChI=1S/C24H26BBrClFNO4Si/c1-25-20-19(22(30)15-11-14(28)5-6-17(15)27)16(26)12-18-21(20)29(13-32-9-10-34(2,3)4)23(31)24(33-18)7-8-24/h5-6,11-12H,7-10,13H2,1-4H3. The summed E-state index contributed by atoms with van der Waals surface area (Å²) in [5, 5.41) is 0.147. The second kappa shape index (κ2) is 9.41. The minimum Gasteiger partial charge on any atom is -0.475 e. The Labute approximate surface area is 214 Å². The highest BCUT2D eigenvalue weighted by Crippen LogP contribution is 2.50. The zero-order valence-corrected chi connectivity index (χ0v) is 23.0. The first-order valence-corrected chi connectivity index (χ1v) is 16.1. The van der Waals surface area contributed by atoms with Crippen LogP contribution in [0.25, 0.3) is 0 Å². The lowest BCUT2D eigenvalue weighted by Crippen LogP contribution is -2.51. The van der Waals surface area contributed by atoms with Crippen LogP contribution in [0.4, 0.5) is 10.1 Å². The number of ketones is 1. The lowest BCUT2D eigenvalue weighted by molar-refractivity contribution is -0.129. The highest BCUT2D eigenvalue weighted by Gasteiger charge is 2.58. The van der Waals surface area contributed by atoms with E-state index in [-0.39, 0.29) is 28.8 Å². The minimum absolute atomic E-state index is 0.0464. The van der Waals surface area contributed by atoms with Gasteiger partial charge >= 0.3 is 0 Å². The van der Waals surface area contributed by atoms with Crippen LogP contribution in [0.1, 0.15) is 28.8 Å². The van der Waals surface area contributed by atoms with Gasteiger partial charge < -0.3 is 9.47 Å². The molecule has 0 aromatic heterocycles. The van der Waals surface area contributed by atoms with Crippen molar-refractivity contribution in [2.24, 2.45) is 0 Å². The van der Waals surface area contributed by atoms with Crippen LogP contribution in [0.3, 0.4) is 0 Å². The zero-order chi connectivity index (χ0) is 24.8. The maximum atomic E-state index is 13.9. The topological polar surface area (TPSA) is 55.8 Å². The molecule has 1 spiro atoms. The Hall–Kier alpha value is -1.68. The smallest absolute Gasteiger partial charge is 0.273 e. The molecule has 0 N–H and O–H groups in total. The van der Waals surface area contributed by atoms with Crippen molar-refractivity contribution in [1.29, 1.82) is 0 Å². The van der Waals surface area contributed by atoms with Gasteiger partial charge in [-0.1, -0.05) is 38.1 Å². The third-order valence-corrected chi connectivity index (χ3v) is 8.73. The number of fused-ring (bicyclic) bond motifs is 1. The van der Waals surface area contributed by atoms with E-state index in [9.17, 15) is 14.0 Å². The number of hydrogen-bond donors (Lipinski definition) is 0. The summed E-state index contributed by atoms with van der Waals surface area (Å²) >= 11 is 9.73. The van der Waals surface area contributed by atoms with Crippen molar-refractivity contribution >= 4 is 65.7 Å². The molecule has 0 atom stereocenters. The normalized spacial score (nSPS) is 16.3. The number of ether oxygens (including phenoxy) is 2. The lowest BCUT2D eigenvalue weighted by atomic mass is 9.68. The summed E-state index contributed by atoms with van der Waals surface area (Å²) in [6.07, 6.45) is 1.28. The van der Waals surface area contributed by atoms with E-state index in [0.717, 1.165) is 12.1 Å². The maximum absolute atomic E-state index is 13.9. The van der Waals surface area contributed by atoms with Crippen LogP contribution in [-0.2, 0) is 9.53 Å². The van der Waals surface area contributed by atoms with Crippen LogP contribution in [0.5, 0.6) is 5.75 Å². The van der Waals surface area contributed by atoms with E-state index < -0.39 is 25.3 Å². The molecule has 10 heteroatoms. The van der Waals surface area contributed by atoms with Gasteiger partial charge in [0.2, 0.25) is 0 Å². The summed E-state index contributed by atoms with van der Waals surface area (Å²) in [5.41, 5.74) is 0.454. The van der Waals surface area contributed by atoms with Crippen LogP contribution in [0.15, 0.2) is 28.7 Å². The monoisotopic (exact) mass is 564 g/mol. The zero-order valence-electron chi connectivity index (χ0n) is 19.6. The summed E-state index contributed by atoms with van der Waals surface area (Å²) in [6, 6.07) is 6.35. The summed E-state index contributed by atoms with van der Waals surface area (Å²) in [7, 11) is 0.452. The number of hydrogen-bond acceptors (Lipinski definition) is 4. The molecule has 1 heterocycles. The second-order valence-corrected chi connectivity index (χ2v) is 16.8. The van der Waals surface area contributed by atoms with E-state index in [0.29, 0.717) is 40.8 Å².